The van der Waals surface area contributed by atoms with Gasteiger partial charge < -0.3 is 10.6 Å². The van der Waals surface area contributed by atoms with E-state index in [0.29, 0.717) is 18.3 Å². The fraction of sp³-hybridized carbons (Fsp3) is 0.235. The van der Waals surface area contributed by atoms with E-state index in [-0.39, 0.29) is 5.56 Å². The van der Waals surface area contributed by atoms with Gasteiger partial charge in [0.05, 0.1) is 5.69 Å². The summed E-state index contributed by atoms with van der Waals surface area (Å²) in [4.78, 5) is 2.09. The highest BCUT2D eigenvalue weighted by molar-refractivity contribution is 5.62. The predicted molar refractivity (Wildman–Crippen MR) is 81.2 cm³/mol. The number of benzene rings is 2. The van der Waals surface area contributed by atoms with Crippen molar-refractivity contribution in [1.82, 2.24) is 0 Å². The van der Waals surface area contributed by atoms with Gasteiger partial charge in [-0.15, -0.1) is 0 Å². The molecule has 1 aliphatic rings. The third kappa shape index (κ3) is 2.68. The number of nitrogen functional groups attached to an aromatic ring is 1. The van der Waals surface area contributed by atoms with Crippen LogP contribution in [-0.4, -0.2) is 6.04 Å². The van der Waals surface area contributed by atoms with Gasteiger partial charge >= 0.3 is 0 Å². The van der Waals surface area contributed by atoms with Gasteiger partial charge in [-0.3, -0.25) is 0 Å². The van der Waals surface area contributed by atoms with Gasteiger partial charge in [0.25, 0.3) is 0 Å². The summed E-state index contributed by atoms with van der Waals surface area (Å²) in [5, 5.41) is 9.23. The molecule has 0 atom stereocenters. The van der Waals surface area contributed by atoms with Crippen molar-refractivity contribution in [2.45, 2.75) is 25.4 Å². The number of para-hydroxylation sites is 1. The first-order valence-corrected chi connectivity index (χ1v) is 6.99. The molecule has 2 N–H and O–H groups in total. The highest BCUT2D eigenvalue weighted by atomic mass is 19.1. The Labute approximate surface area is 123 Å². The topological polar surface area (TPSA) is 53.0 Å². The maximum atomic E-state index is 13.8. The van der Waals surface area contributed by atoms with Crippen LogP contribution < -0.4 is 10.6 Å². The molecule has 0 aromatic heterocycles. The van der Waals surface area contributed by atoms with Crippen LogP contribution in [0.3, 0.4) is 0 Å². The number of nitrogens with zero attached hydrogens (tertiary/aromatic N) is 2. The molecule has 2 aromatic carbocycles. The molecule has 0 amide bonds. The second kappa shape index (κ2) is 5.45. The Morgan fingerprint density at radius 1 is 1.19 bits per heavy atom. The van der Waals surface area contributed by atoms with Gasteiger partial charge in [0, 0.05) is 18.3 Å². The number of halogens is 1. The molecule has 3 rings (SSSR count). The minimum atomic E-state index is -0.471. The fourth-order valence-corrected chi connectivity index (χ4v) is 2.52. The van der Waals surface area contributed by atoms with Crippen LogP contribution in [0.1, 0.15) is 24.0 Å². The van der Waals surface area contributed by atoms with Crippen molar-refractivity contribution in [3.05, 3.63) is 59.4 Å². The molecule has 1 saturated carbocycles. The fourth-order valence-electron chi connectivity index (χ4n) is 2.52. The highest BCUT2D eigenvalue weighted by Crippen LogP contribution is 2.36. The normalized spacial score (nSPS) is 13.7. The summed E-state index contributed by atoms with van der Waals surface area (Å²) in [6, 6.07) is 14.8. The zero-order valence-corrected chi connectivity index (χ0v) is 11.6. The molecular formula is C17H16FN3. The van der Waals surface area contributed by atoms with E-state index in [1.54, 1.807) is 12.1 Å². The van der Waals surface area contributed by atoms with Crippen molar-refractivity contribution in [2.75, 3.05) is 10.6 Å². The highest BCUT2D eigenvalue weighted by Gasteiger charge is 2.31. The first-order chi connectivity index (χ1) is 10.2. The molecule has 1 fully saturated rings. The van der Waals surface area contributed by atoms with E-state index in [1.165, 1.54) is 6.07 Å². The van der Waals surface area contributed by atoms with Crippen LogP contribution in [0.2, 0.25) is 0 Å². The Morgan fingerprint density at radius 3 is 2.62 bits per heavy atom. The Bertz CT molecular complexity index is 701. The van der Waals surface area contributed by atoms with Crippen LogP contribution in [0.4, 0.5) is 15.8 Å². The Balaban J connectivity index is 1.99. The molecule has 0 aliphatic heterocycles. The second-order valence-corrected chi connectivity index (χ2v) is 5.30. The van der Waals surface area contributed by atoms with E-state index in [2.05, 4.69) is 4.90 Å². The lowest BCUT2D eigenvalue weighted by Gasteiger charge is -2.26. The number of hydrogen-bond donors (Lipinski definition) is 1. The first kappa shape index (κ1) is 13.4. The Kier molecular flexibility index (Phi) is 3.49. The van der Waals surface area contributed by atoms with Crippen molar-refractivity contribution in [2.24, 2.45) is 0 Å². The van der Waals surface area contributed by atoms with Gasteiger partial charge in [-0.25, -0.2) is 4.39 Å². The summed E-state index contributed by atoms with van der Waals surface area (Å²) in [6.45, 7) is 0.593. The van der Waals surface area contributed by atoms with Gasteiger partial charge in [0.1, 0.15) is 17.4 Å². The number of hydrogen-bond acceptors (Lipinski definition) is 3. The van der Waals surface area contributed by atoms with Crippen LogP contribution in [0.15, 0.2) is 42.5 Å². The first-order valence-electron chi connectivity index (χ1n) is 6.99. The van der Waals surface area contributed by atoms with Crippen LogP contribution >= 0.6 is 0 Å². The number of nitrogens with two attached hydrogens (primary N) is 1. The van der Waals surface area contributed by atoms with Crippen molar-refractivity contribution in [3.8, 4) is 6.07 Å². The molecule has 1 aliphatic carbocycles. The van der Waals surface area contributed by atoms with E-state index in [9.17, 15) is 9.65 Å². The molecule has 0 radical (unpaired) electrons. The molecule has 2 aromatic rings. The molecular weight excluding hydrogens is 265 g/mol. The van der Waals surface area contributed by atoms with E-state index in [1.807, 2.05) is 30.3 Å². The average Bonchev–Trinajstić information content (AvgIpc) is 3.31. The third-order valence-corrected chi connectivity index (χ3v) is 3.80. The number of nitriles is 1. The monoisotopic (exact) mass is 281 g/mol. The third-order valence-electron chi connectivity index (χ3n) is 3.80. The summed E-state index contributed by atoms with van der Waals surface area (Å²) < 4.78 is 13.8. The summed E-state index contributed by atoms with van der Waals surface area (Å²) in [7, 11) is 0. The molecule has 0 spiro atoms. The number of anilines is 2. The van der Waals surface area contributed by atoms with Crippen LogP contribution in [0, 0.1) is 17.1 Å². The minimum absolute atomic E-state index is 0.110. The van der Waals surface area contributed by atoms with Gasteiger partial charge in [-0.05, 0) is 36.6 Å². The van der Waals surface area contributed by atoms with Gasteiger partial charge in [-0.1, -0.05) is 24.3 Å². The molecule has 4 heteroatoms. The molecule has 3 nitrogen and oxygen atoms in total. The van der Waals surface area contributed by atoms with E-state index in [4.69, 9.17) is 5.73 Å². The van der Waals surface area contributed by atoms with Crippen molar-refractivity contribution >= 4 is 11.4 Å². The van der Waals surface area contributed by atoms with Gasteiger partial charge in [0.2, 0.25) is 0 Å². The molecule has 0 saturated heterocycles. The zero-order chi connectivity index (χ0) is 14.8. The summed E-state index contributed by atoms with van der Waals surface area (Å²) >= 11 is 0. The van der Waals surface area contributed by atoms with Crippen LogP contribution in [-0.2, 0) is 6.54 Å². The zero-order valence-electron chi connectivity index (χ0n) is 11.6. The summed E-state index contributed by atoms with van der Waals surface area (Å²) in [5.41, 5.74) is 8.49. The Hall–Kier alpha value is -2.54. The molecule has 0 heterocycles. The molecule has 0 unspecified atom stereocenters. The maximum absolute atomic E-state index is 13.8. The van der Waals surface area contributed by atoms with E-state index in [0.717, 1.165) is 24.1 Å². The molecule has 21 heavy (non-hydrogen) atoms. The van der Waals surface area contributed by atoms with Gasteiger partial charge in [0.15, 0.2) is 0 Å². The van der Waals surface area contributed by atoms with Crippen LogP contribution in [0.5, 0.6) is 0 Å². The second-order valence-electron chi connectivity index (χ2n) is 5.30. The molecule has 106 valence electrons. The summed E-state index contributed by atoms with van der Waals surface area (Å²) in [5.74, 6) is -0.471. The lowest BCUT2D eigenvalue weighted by atomic mass is 10.1. The molecule has 0 bridgehead atoms. The minimum Gasteiger partial charge on any atom is -0.398 e. The van der Waals surface area contributed by atoms with Crippen LogP contribution in [0.25, 0.3) is 0 Å². The predicted octanol–water partition coefficient (Wildman–Crippen LogP) is 3.45. The Morgan fingerprint density at radius 2 is 1.95 bits per heavy atom. The number of rotatable bonds is 4. The maximum Gasteiger partial charge on any atom is 0.143 e. The average molecular weight is 281 g/mol. The van der Waals surface area contributed by atoms with E-state index < -0.39 is 5.82 Å². The van der Waals surface area contributed by atoms with Crippen molar-refractivity contribution < 1.29 is 4.39 Å². The standard InChI is InChI=1S/C17H16FN3/c18-15-5-3-7-17(14(15)10-19)21(13-8-9-13)11-12-4-1-2-6-16(12)20/h1-7,13H,8-9,11,20H2. The van der Waals surface area contributed by atoms with E-state index >= 15 is 0 Å². The smallest absolute Gasteiger partial charge is 0.143 e. The quantitative estimate of drug-likeness (QED) is 0.873. The van der Waals surface area contributed by atoms with Crippen molar-refractivity contribution in [1.29, 1.82) is 5.26 Å². The largest absolute Gasteiger partial charge is 0.398 e. The SMILES string of the molecule is N#Cc1c(F)cccc1N(Cc1ccccc1N)C1CC1. The lowest BCUT2D eigenvalue weighted by molar-refractivity contribution is 0.622. The van der Waals surface area contributed by atoms with Gasteiger partial charge in [-0.2, -0.15) is 5.26 Å². The van der Waals surface area contributed by atoms with Crippen molar-refractivity contribution in [3.63, 3.8) is 0 Å². The lowest BCUT2D eigenvalue weighted by Crippen LogP contribution is -2.26. The summed E-state index contributed by atoms with van der Waals surface area (Å²) in [6.07, 6.45) is 2.13.